The number of ether oxygens (including phenoxy) is 2. The van der Waals surface area contributed by atoms with Crippen LogP contribution in [0.5, 0.6) is 5.75 Å². The van der Waals surface area contributed by atoms with Crippen molar-refractivity contribution in [3.05, 3.63) is 34.7 Å². The van der Waals surface area contributed by atoms with Gasteiger partial charge in [0.25, 0.3) is 0 Å². The van der Waals surface area contributed by atoms with Crippen LogP contribution < -0.4 is 4.74 Å². The van der Waals surface area contributed by atoms with E-state index in [0.29, 0.717) is 19.4 Å². The van der Waals surface area contributed by atoms with Crippen molar-refractivity contribution < 1.29 is 14.3 Å². The molecule has 0 spiro atoms. The molecule has 1 aromatic carbocycles. The standard InChI is InChI=1S/C15H21NO4/c1-3-19-15(17)14(16-18)6-4-5-11-20-13-9-7-12(2)8-10-13/h7-10,14H,3-6,11H2,1-2H3. The van der Waals surface area contributed by atoms with Crippen molar-refractivity contribution in [1.82, 2.24) is 0 Å². The molecule has 5 heteroatoms. The Kier molecular flexibility index (Phi) is 7.32. The molecule has 0 aliphatic rings. The number of hydrogen-bond donors (Lipinski definition) is 0. The van der Waals surface area contributed by atoms with Gasteiger partial charge in [-0.05, 0) is 45.2 Å². The molecular weight excluding hydrogens is 258 g/mol. The largest absolute Gasteiger partial charge is 0.494 e. The van der Waals surface area contributed by atoms with E-state index < -0.39 is 12.0 Å². The van der Waals surface area contributed by atoms with Crippen LogP contribution >= 0.6 is 0 Å². The second-order valence-corrected chi connectivity index (χ2v) is 4.53. The average Bonchev–Trinajstić information content (AvgIpc) is 2.45. The highest BCUT2D eigenvalue weighted by Crippen LogP contribution is 2.13. The molecule has 0 aliphatic carbocycles. The summed E-state index contributed by atoms with van der Waals surface area (Å²) in [6.07, 6.45) is 1.86. The van der Waals surface area contributed by atoms with Crippen LogP contribution in [0.4, 0.5) is 0 Å². The van der Waals surface area contributed by atoms with E-state index in [1.807, 2.05) is 31.2 Å². The van der Waals surface area contributed by atoms with Crippen molar-refractivity contribution in [2.45, 2.75) is 39.2 Å². The molecule has 1 atom stereocenters. The molecule has 0 radical (unpaired) electrons. The van der Waals surface area contributed by atoms with Gasteiger partial charge in [-0.2, -0.15) is 0 Å². The zero-order valence-corrected chi connectivity index (χ0v) is 12.0. The van der Waals surface area contributed by atoms with Crippen LogP contribution in [0.2, 0.25) is 0 Å². The molecule has 0 heterocycles. The first-order valence-corrected chi connectivity index (χ1v) is 6.86. The summed E-state index contributed by atoms with van der Waals surface area (Å²) in [5.41, 5.74) is 1.19. The fraction of sp³-hybridized carbons (Fsp3) is 0.533. The van der Waals surface area contributed by atoms with Crippen LogP contribution in [0.3, 0.4) is 0 Å². The van der Waals surface area contributed by atoms with Gasteiger partial charge in [0.2, 0.25) is 0 Å². The number of unbranched alkanes of at least 4 members (excludes halogenated alkanes) is 1. The van der Waals surface area contributed by atoms with Crippen molar-refractivity contribution in [2.75, 3.05) is 13.2 Å². The zero-order valence-electron chi connectivity index (χ0n) is 12.0. The highest BCUT2D eigenvalue weighted by atomic mass is 16.5. The smallest absolute Gasteiger partial charge is 0.334 e. The summed E-state index contributed by atoms with van der Waals surface area (Å²) in [6, 6.07) is 6.92. The minimum atomic E-state index is -0.894. The van der Waals surface area contributed by atoms with Crippen molar-refractivity contribution in [1.29, 1.82) is 0 Å². The van der Waals surface area contributed by atoms with E-state index in [1.165, 1.54) is 5.56 Å². The summed E-state index contributed by atoms with van der Waals surface area (Å²) in [5.74, 6) is 0.285. The first-order chi connectivity index (χ1) is 9.67. The highest BCUT2D eigenvalue weighted by Gasteiger charge is 2.19. The van der Waals surface area contributed by atoms with Crippen molar-refractivity contribution >= 4 is 5.97 Å². The summed E-state index contributed by atoms with van der Waals surface area (Å²) in [7, 11) is 0. The van der Waals surface area contributed by atoms with Crippen LogP contribution in [0.15, 0.2) is 29.4 Å². The molecule has 5 nitrogen and oxygen atoms in total. The molecule has 20 heavy (non-hydrogen) atoms. The van der Waals surface area contributed by atoms with E-state index in [2.05, 4.69) is 5.18 Å². The topological polar surface area (TPSA) is 65.0 Å². The van der Waals surface area contributed by atoms with Crippen LogP contribution in [0.1, 0.15) is 31.7 Å². The van der Waals surface area contributed by atoms with Gasteiger partial charge in [-0.1, -0.05) is 22.9 Å². The van der Waals surface area contributed by atoms with Crippen LogP contribution in [-0.4, -0.2) is 25.2 Å². The van der Waals surface area contributed by atoms with Gasteiger partial charge in [-0.25, -0.2) is 4.79 Å². The summed E-state index contributed by atoms with van der Waals surface area (Å²) < 4.78 is 10.3. The van der Waals surface area contributed by atoms with Gasteiger partial charge in [-0.3, -0.25) is 0 Å². The predicted octanol–water partition coefficient (Wildman–Crippen LogP) is 3.24. The predicted molar refractivity (Wildman–Crippen MR) is 76.7 cm³/mol. The van der Waals surface area contributed by atoms with Gasteiger partial charge >= 0.3 is 5.97 Å². The third kappa shape index (κ3) is 5.82. The number of esters is 1. The minimum Gasteiger partial charge on any atom is -0.494 e. The van der Waals surface area contributed by atoms with E-state index >= 15 is 0 Å². The third-order valence-corrected chi connectivity index (χ3v) is 2.85. The van der Waals surface area contributed by atoms with Gasteiger partial charge in [0, 0.05) is 0 Å². The Hall–Kier alpha value is -1.91. The molecule has 1 aromatic rings. The normalized spacial score (nSPS) is 11.7. The second kappa shape index (κ2) is 9.07. The van der Waals surface area contributed by atoms with Gasteiger partial charge in [0.1, 0.15) is 5.75 Å². The molecule has 0 aromatic heterocycles. The third-order valence-electron chi connectivity index (χ3n) is 2.85. The number of aryl methyl sites for hydroxylation is 1. The van der Waals surface area contributed by atoms with Crippen molar-refractivity contribution in [3.63, 3.8) is 0 Å². The van der Waals surface area contributed by atoms with Gasteiger partial charge in [0.15, 0.2) is 6.04 Å². The Morgan fingerprint density at radius 1 is 1.25 bits per heavy atom. The lowest BCUT2D eigenvalue weighted by atomic mass is 10.1. The number of rotatable bonds is 9. The Balaban J connectivity index is 2.19. The van der Waals surface area contributed by atoms with Crippen LogP contribution in [0, 0.1) is 11.8 Å². The fourth-order valence-corrected chi connectivity index (χ4v) is 1.72. The van der Waals surface area contributed by atoms with E-state index in [4.69, 9.17) is 9.47 Å². The molecule has 0 bridgehead atoms. The van der Waals surface area contributed by atoms with E-state index in [0.717, 1.165) is 12.2 Å². The van der Waals surface area contributed by atoms with E-state index in [1.54, 1.807) is 6.92 Å². The molecule has 0 saturated carbocycles. The van der Waals surface area contributed by atoms with Gasteiger partial charge in [-0.15, -0.1) is 4.91 Å². The molecule has 0 fully saturated rings. The van der Waals surface area contributed by atoms with Crippen molar-refractivity contribution in [3.8, 4) is 5.75 Å². The molecule has 1 unspecified atom stereocenters. The SMILES string of the molecule is CCOC(=O)C(CCCCOc1ccc(C)cc1)N=O. The summed E-state index contributed by atoms with van der Waals surface area (Å²) in [5, 5.41) is 2.81. The molecule has 0 N–H and O–H groups in total. The Morgan fingerprint density at radius 2 is 1.95 bits per heavy atom. The van der Waals surface area contributed by atoms with Gasteiger partial charge < -0.3 is 9.47 Å². The summed E-state index contributed by atoms with van der Waals surface area (Å²) >= 11 is 0. The number of hydrogen-bond acceptors (Lipinski definition) is 5. The maximum Gasteiger partial charge on any atom is 0.334 e. The Morgan fingerprint density at radius 3 is 2.55 bits per heavy atom. The lowest BCUT2D eigenvalue weighted by molar-refractivity contribution is -0.144. The summed E-state index contributed by atoms with van der Waals surface area (Å²) in [4.78, 5) is 21.9. The number of carbonyl (C=O) groups excluding carboxylic acids is 1. The number of carbonyl (C=O) groups is 1. The Labute approximate surface area is 119 Å². The zero-order chi connectivity index (χ0) is 14.8. The fourth-order valence-electron chi connectivity index (χ4n) is 1.72. The highest BCUT2D eigenvalue weighted by molar-refractivity contribution is 5.75. The van der Waals surface area contributed by atoms with Crippen LogP contribution in [0.25, 0.3) is 0 Å². The first-order valence-electron chi connectivity index (χ1n) is 6.86. The Bertz CT molecular complexity index is 416. The number of benzene rings is 1. The second-order valence-electron chi connectivity index (χ2n) is 4.53. The molecule has 0 aliphatic heterocycles. The molecule has 0 saturated heterocycles. The number of nitrogens with zero attached hydrogens (tertiary/aromatic N) is 1. The average molecular weight is 279 g/mol. The number of nitroso groups, excluding NO2 is 1. The molecule has 0 amide bonds. The summed E-state index contributed by atoms with van der Waals surface area (Å²) in [6.45, 7) is 4.54. The molecule has 1 rings (SSSR count). The monoisotopic (exact) mass is 279 g/mol. The lowest BCUT2D eigenvalue weighted by Crippen LogP contribution is -2.21. The van der Waals surface area contributed by atoms with Crippen LogP contribution in [-0.2, 0) is 9.53 Å². The molecular formula is C15H21NO4. The molecule has 110 valence electrons. The first kappa shape index (κ1) is 16.1. The maximum absolute atomic E-state index is 11.3. The quantitative estimate of drug-likeness (QED) is 0.395. The van der Waals surface area contributed by atoms with Crippen molar-refractivity contribution in [2.24, 2.45) is 5.18 Å². The van der Waals surface area contributed by atoms with E-state index in [9.17, 15) is 9.70 Å². The van der Waals surface area contributed by atoms with Gasteiger partial charge in [0.05, 0.1) is 13.2 Å². The minimum absolute atomic E-state index is 0.265. The lowest BCUT2D eigenvalue weighted by Gasteiger charge is -2.09. The maximum atomic E-state index is 11.3. The van der Waals surface area contributed by atoms with E-state index in [-0.39, 0.29) is 6.61 Å².